The van der Waals surface area contributed by atoms with Crippen LogP contribution in [0.2, 0.25) is 0 Å². The molecule has 0 aliphatic carbocycles. The average molecular weight is 357 g/mol. The Hall–Kier alpha value is -3.19. The molecule has 0 aliphatic heterocycles. The molecule has 0 radical (unpaired) electrons. The first kappa shape index (κ1) is 18.6. The lowest BCUT2D eigenvalue weighted by atomic mass is 9.80. The van der Waals surface area contributed by atoms with Crippen LogP contribution in [0, 0.1) is 16.7 Å². The molecule has 136 valence electrons. The molecule has 0 bridgehead atoms. The van der Waals surface area contributed by atoms with E-state index in [9.17, 15) is 0 Å². The molecule has 0 N–H and O–H groups in total. The Kier molecular flexibility index (Phi) is 5.83. The highest BCUT2D eigenvalue weighted by molar-refractivity contribution is 5.32. The third kappa shape index (κ3) is 5.65. The Morgan fingerprint density at radius 2 is 1.44 bits per heavy atom. The molecule has 0 atom stereocenters. The van der Waals surface area contributed by atoms with Gasteiger partial charge in [-0.1, -0.05) is 38.1 Å². The minimum atomic E-state index is 0.119. The van der Waals surface area contributed by atoms with E-state index in [0.29, 0.717) is 18.0 Å². The summed E-state index contributed by atoms with van der Waals surface area (Å²) in [4.78, 5) is 8.31. The van der Waals surface area contributed by atoms with Gasteiger partial charge in [0.25, 0.3) is 0 Å². The highest BCUT2D eigenvalue weighted by Crippen LogP contribution is 2.28. The van der Waals surface area contributed by atoms with Gasteiger partial charge in [0.15, 0.2) is 5.82 Å². The van der Waals surface area contributed by atoms with Gasteiger partial charge in [0, 0.05) is 12.4 Å². The van der Waals surface area contributed by atoms with Crippen LogP contribution in [0.4, 0.5) is 0 Å². The molecule has 1 heterocycles. The largest absolute Gasteiger partial charge is 0.486 e. The van der Waals surface area contributed by atoms with E-state index in [2.05, 4.69) is 42.0 Å². The maximum atomic E-state index is 8.91. The van der Waals surface area contributed by atoms with Crippen LogP contribution >= 0.6 is 0 Å². The van der Waals surface area contributed by atoms with Crippen molar-refractivity contribution in [3.05, 3.63) is 89.5 Å². The van der Waals surface area contributed by atoms with Crippen LogP contribution in [-0.2, 0) is 19.4 Å². The predicted molar refractivity (Wildman–Crippen MR) is 105 cm³/mol. The topological polar surface area (TPSA) is 58.8 Å². The lowest BCUT2D eigenvalue weighted by Crippen LogP contribution is -2.18. The standard InChI is InChI=1S/C23H23N3O/c1-23(2,14-18-4-6-20(16-24)7-5-18)15-19-8-10-21(11-9-19)27-17-22-25-12-3-13-26-22/h3-13H,14-15,17H2,1-2H3. The molecule has 1 aromatic heterocycles. The molecule has 4 heteroatoms. The van der Waals surface area contributed by atoms with Gasteiger partial charge in [-0.3, -0.25) is 0 Å². The summed E-state index contributed by atoms with van der Waals surface area (Å²) in [6.45, 7) is 4.90. The summed E-state index contributed by atoms with van der Waals surface area (Å²) in [7, 11) is 0. The van der Waals surface area contributed by atoms with Gasteiger partial charge >= 0.3 is 0 Å². The first-order chi connectivity index (χ1) is 13.0. The lowest BCUT2D eigenvalue weighted by molar-refractivity contribution is 0.295. The summed E-state index contributed by atoms with van der Waals surface area (Å²) in [5.41, 5.74) is 3.35. The van der Waals surface area contributed by atoms with Gasteiger partial charge in [0.2, 0.25) is 0 Å². The van der Waals surface area contributed by atoms with Crippen molar-refractivity contribution in [2.45, 2.75) is 33.3 Å². The van der Waals surface area contributed by atoms with Gasteiger partial charge in [-0.05, 0) is 59.7 Å². The summed E-state index contributed by atoms with van der Waals surface area (Å²) in [5, 5.41) is 8.91. The highest BCUT2D eigenvalue weighted by atomic mass is 16.5. The summed E-state index contributed by atoms with van der Waals surface area (Å²) in [5.74, 6) is 1.49. The number of nitrogens with zero attached hydrogens (tertiary/aromatic N) is 3. The minimum absolute atomic E-state index is 0.119. The van der Waals surface area contributed by atoms with Crippen LogP contribution in [0.15, 0.2) is 67.0 Å². The lowest BCUT2D eigenvalue weighted by Gasteiger charge is -2.25. The van der Waals surface area contributed by atoms with Gasteiger partial charge in [0.05, 0.1) is 11.6 Å². The molecular weight excluding hydrogens is 334 g/mol. The van der Waals surface area contributed by atoms with Crippen LogP contribution in [-0.4, -0.2) is 9.97 Å². The first-order valence-corrected chi connectivity index (χ1v) is 9.01. The third-order valence-electron chi connectivity index (χ3n) is 4.36. The van der Waals surface area contributed by atoms with Gasteiger partial charge in [0.1, 0.15) is 12.4 Å². The maximum absolute atomic E-state index is 8.91. The second-order valence-corrected chi connectivity index (χ2v) is 7.42. The third-order valence-corrected chi connectivity index (χ3v) is 4.36. The molecule has 27 heavy (non-hydrogen) atoms. The van der Waals surface area contributed by atoms with Crippen LogP contribution in [0.25, 0.3) is 0 Å². The quantitative estimate of drug-likeness (QED) is 0.613. The van der Waals surface area contributed by atoms with Crippen LogP contribution < -0.4 is 4.74 Å². The zero-order valence-electron chi connectivity index (χ0n) is 15.7. The van der Waals surface area contributed by atoms with Crippen molar-refractivity contribution in [1.29, 1.82) is 5.26 Å². The Labute approximate surface area is 160 Å². The number of ether oxygens (including phenoxy) is 1. The van der Waals surface area contributed by atoms with E-state index in [1.54, 1.807) is 18.5 Å². The molecule has 3 aromatic rings. The van der Waals surface area contributed by atoms with Gasteiger partial charge in [-0.15, -0.1) is 0 Å². The SMILES string of the molecule is CC(C)(Cc1ccc(C#N)cc1)Cc1ccc(OCc2ncccn2)cc1. The fraction of sp³-hybridized carbons (Fsp3) is 0.261. The predicted octanol–water partition coefficient (Wildman–Crippen LogP) is 4.74. The molecule has 3 rings (SSSR count). The highest BCUT2D eigenvalue weighted by Gasteiger charge is 2.19. The van der Waals surface area contributed by atoms with Gasteiger partial charge in [-0.25, -0.2) is 9.97 Å². The zero-order valence-corrected chi connectivity index (χ0v) is 15.7. The maximum Gasteiger partial charge on any atom is 0.166 e. The average Bonchev–Trinajstić information content (AvgIpc) is 2.68. The molecule has 0 saturated heterocycles. The molecule has 0 spiro atoms. The molecule has 0 aliphatic rings. The monoisotopic (exact) mass is 357 g/mol. The van der Waals surface area contributed by atoms with Crippen molar-refractivity contribution >= 4 is 0 Å². The number of rotatable bonds is 7. The first-order valence-electron chi connectivity index (χ1n) is 9.01. The molecule has 0 unspecified atom stereocenters. The normalized spacial score (nSPS) is 11.0. The second-order valence-electron chi connectivity index (χ2n) is 7.42. The smallest absolute Gasteiger partial charge is 0.166 e. The number of benzene rings is 2. The van der Waals surface area contributed by atoms with Gasteiger partial charge in [-0.2, -0.15) is 5.26 Å². The Morgan fingerprint density at radius 1 is 0.889 bits per heavy atom. The fourth-order valence-corrected chi connectivity index (χ4v) is 3.12. The van der Waals surface area contributed by atoms with Crippen molar-refractivity contribution in [2.75, 3.05) is 0 Å². The van der Waals surface area contributed by atoms with E-state index in [-0.39, 0.29) is 5.41 Å². The van der Waals surface area contributed by atoms with Crippen LogP contribution in [0.3, 0.4) is 0 Å². The van der Waals surface area contributed by atoms with E-state index in [4.69, 9.17) is 10.00 Å². The van der Waals surface area contributed by atoms with Gasteiger partial charge < -0.3 is 4.74 Å². The number of nitriles is 1. The van der Waals surface area contributed by atoms with E-state index in [1.807, 2.05) is 36.4 Å². The van der Waals surface area contributed by atoms with Crippen molar-refractivity contribution in [3.63, 3.8) is 0 Å². The Morgan fingerprint density at radius 3 is 2.00 bits per heavy atom. The van der Waals surface area contributed by atoms with Crippen molar-refractivity contribution in [3.8, 4) is 11.8 Å². The Bertz CT molecular complexity index is 895. The molecule has 0 saturated carbocycles. The molecule has 2 aromatic carbocycles. The van der Waals surface area contributed by atoms with E-state index < -0.39 is 0 Å². The fourth-order valence-electron chi connectivity index (χ4n) is 3.12. The van der Waals surface area contributed by atoms with E-state index in [0.717, 1.165) is 18.6 Å². The second kappa shape index (κ2) is 8.46. The minimum Gasteiger partial charge on any atom is -0.486 e. The summed E-state index contributed by atoms with van der Waals surface area (Å²) < 4.78 is 5.74. The van der Waals surface area contributed by atoms with Crippen molar-refractivity contribution in [2.24, 2.45) is 5.41 Å². The molecular formula is C23H23N3O. The molecule has 0 fully saturated rings. The Balaban J connectivity index is 1.56. The number of aromatic nitrogens is 2. The summed E-state index contributed by atoms with van der Waals surface area (Å²) in [6.07, 6.45) is 5.35. The number of hydrogen-bond donors (Lipinski definition) is 0. The van der Waals surface area contributed by atoms with Crippen LogP contribution in [0.1, 0.15) is 36.4 Å². The molecule has 4 nitrogen and oxygen atoms in total. The van der Waals surface area contributed by atoms with Crippen molar-refractivity contribution in [1.82, 2.24) is 9.97 Å². The summed E-state index contributed by atoms with van der Waals surface area (Å²) >= 11 is 0. The van der Waals surface area contributed by atoms with Crippen molar-refractivity contribution < 1.29 is 4.74 Å². The molecule has 0 amide bonds. The van der Waals surface area contributed by atoms with Crippen LogP contribution in [0.5, 0.6) is 5.75 Å². The zero-order chi connectivity index (χ0) is 19.1. The van der Waals surface area contributed by atoms with E-state index >= 15 is 0 Å². The van der Waals surface area contributed by atoms with E-state index in [1.165, 1.54) is 11.1 Å². The summed E-state index contributed by atoms with van der Waals surface area (Å²) in [6, 6.07) is 20.0. The number of hydrogen-bond acceptors (Lipinski definition) is 4.